The van der Waals surface area contributed by atoms with Crippen LogP contribution in [0.25, 0.3) is 6.08 Å². The molecular weight excluding hydrogens is 236 g/mol. The van der Waals surface area contributed by atoms with Gasteiger partial charge in [0.1, 0.15) is 12.2 Å². The van der Waals surface area contributed by atoms with Crippen LogP contribution in [0.1, 0.15) is 10.7 Å². The van der Waals surface area contributed by atoms with E-state index in [0.29, 0.717) is 13.0 Å². The summed E-state index contributed by atoms with van der Waals surface area (Å²) < 4.78 is 0. The van der Waals surface area contributed by atoms with Gasteiger partial charge < -0.3 is 5.32 Å². The van der Waals surface area contributed by atoms with Crippen molar-refractivity contribution in [2.75, 3.05) is 6.54 Å². The summed E-state index contributed by atoms with van der Waals surface area (Å²) in [5.74, 6) is 0.672. The van der Waals surface area contributed by atoms with Gasteiger partial charge in [-0.3, -0.25) is 9.89 Å². The highest BCUT2D eigenvalue weighted by Crippen LogP contribution is 2.09. The third-order valence-electron chi connectivity index (χ3n) is 2.07. The molecule has 0 aromatic carbocycles. The van der Waals surface area contributed by atoms with E-state index in [1.54, 1.807) is 17.4 Å². The van der Waals surface area contributed by atoms with E-state index in [9.17, 15) is 4.79 Å². The lowest BCUT2D eigenvalue weighted by Crippen LogP contribution is -2.23. The number of aromatic amines is 1. The predicted octanol–water partition coefficient (Wildman–Crippen LogP) is 1.24. The number of rotatable bonds is 5. The number of nitrogens with zero attached hydrogens (tertiary/aromatic N) is 2. The second-order valence-corrected chi connectivity index (χ2v) is 4.30. The quantitative estimate of drug-likeness (QED) is 0.782. The largest absolute Gasteiger partial charge is 0.352 e. The van der Waals surface area contributed by atoms with E-state index >= 15 is 0 Å². The number of thiophene rings is 1. The Hall–Kier alpha value is -1.95. The van der Waals surface area contributed by atoms with Crippen molar-refractivity contribution in [3.05, 3.63) is 40.6 Å². The van der Waals surface area contributed by atoms with E-state index in [-0.39, 0.29) is 5.91 Å². The van der Waals surface area contributed by atoms with Gasteiger partial charge in [-0.05, 0) is 17.5 Å². The maximum atomic E-state index is 11.4. The van der Waals surface area contributed by atoms with Crippen molar-refractivity contribution in [2.24, 2.45) is 0 Å². The molecule has 2 heterocycles. The molecule has 0 fully saturated rings. The number of carbonyl (C=O) groups excluding carboxylic acids is 1. The highest BCUT2D eigenvalue weighted by atomic mass is 32.1. The molecule has 6 heteroatoms. The van der Waals surface area contributed by atoms with Gasteiger partial charge in [0, 0.05) is 23.9 Å². The van der Waals surface area contributed by atoms with Gasteiger partial charge >= 0.3 is 0 Å². The van der Waals surface area contributed by atoms with Crippen molar-refractivity contribution in [3.63, 3.8) is 0 Å². The summed E-state index contributed by atoms with van der Waals surface area (Å²) in [6, 6.07) is 3.91. The van der Waals surface area contributed by atoms with Gasteiger partial charge in [-0.1, -0.05) is 6.07 Å². The molecule has 17 heavy (non-hydrogen) atoms. The summed E-state index contributed by atoms with van der Waals surface area (Å²) in [6.07, 6.45) is 5.44. The van der Waals surface area contributed by atoms with Crippen LogP contribution in [0.3, 0.4) is 0 Å². The zero-order chi connectivity index (χ0) is 11.9. The molecule has 2 N–H and O–H groups in total. The third kappa shape index (κ3) is 3.84. The highest BCUT2D eigenvalue weighted by Gasteiger charge is 1.98. The number of H-pyrrole nitrogens is 1. The first-order valence-corrected chi connectivity index (χ1v) is 6.06. The minimum Gasteiger partial charge on any atom is -0.352 e. The van der Waals surface area contributed by atoms with Crippen LogP contribution in [0, 0.1) is 0 Å². The van der Waals surface area contributed by atoms with E-state index in [1.807, 2.05) is 17.5 Å². The Balaban J connectivity index is 1.71. The number of aromatic nitrogens is 3. The fourth-order valence-corrected chi connectivity index (χ4v) is 1.88. The van der Waals surface area contributed by atoms with E-state index < -0.39 is 0 Å². The van der Waals surface area contributed by atoms with Crippen molar-refractivity contribution in [2.45, 2.75) is 6.42 Å². The minimum atomic E-state index is -0.0992. The summed E-state index contributed by atoms with van der Waals surface area (Å²) in [5.41, 5.74) is 0. The summed E-state index contributed by atoms with van der Waals surface area (Å²) in [7, 11) is 0. The van der Waals surface area contributed by atoms with Crippen LogP contribution < -0.4 is 5.32 Å². The SMILES string of the molecule is O=C(C=Cc1cccs1)NCCc1ncn[nH]1. The van der Waals surface area contributed by atoms with Gasteiger partial charge in [-0.2, -0.15) is 5.10 Å². The number of hydrogen-bond acceptors (Lipinski definition) is 4. The molecule has 0 unspecified atom stereocenters. The van der Waals surface area contributed by atoms with Gasteiger partial charge in [0.2, 0.25) is 5.91 Å². The Bertz CT molecular complexity index is 476. The molecule has 2 aromatic heterocycles. The van der Waals surface area contributed by atoms with E-state index in [4.69, 9.17) is 0 Å². The highest BCUT2D eigenvalue weighted by molar-refractivity contribution is 7.10. The molecule has 0 saturated heterocycles. The molecule has 0 aliphatic heterocycles. The molecule has 1 amide bonds. The molecular formula is C11H12N4OS. The average molecular weight is 248 g/mol. The molecule has 5 nitrogen and oxygen atoms in total. The Morgan fingerprint density at radius 1 is 1.59 bits per heavy atom. The molecule has 2 aromatic rings. The minimum absolute atomic E-state index is 0.0992. The lowest BCUT2D eigenvalue weighted by Gasteiger charge is -1.98. The van der Waals surface area contributed by atoms with Crippen LogP contribution in [-0.4, -0.2) is 27.6 Å². The number of nitrogens with one attached hydrogen (secondary N) is 2. The van der Waals surface area contributed by atoms with Crippen LogP contribution in [0.2, 0.25) is 0 Å². The normalized spacial score (nSPS) is 10.8. The Labute approximate surface area is 103 Å². The van der Waals surface area contributed by atoms with Crippen molar-refractivity contribution in [1.29, 1.82) is 0 Å². The van der Waals surface area contributed by atoms with Crippen molar-refractivity contribution >= 4 is 23.3 Å². The molecule has 88 valence electrons. The standard InChI is InChI=1S/C11H12N4OS/c16-11(4-3-9-2-1-7-17-9)12-6-5-10-13-8-14-15-10/h1-4,7-8H,5-6H2,(H,12,16)(H,13,14,15). The Morgan fingerprint density at radius 3 is 3.24 bits per heavy atom. The Kier molecular flexibility index (Phi) is 4.04. The fourth-order valence-electron chi connectivity index (χ4n) is 1.26. The lowest BCUT2D eigenvalue weighted by atomic mass is 10.3. The number of amides is 1. The second kappa shape index (κ2) is 5.95. The van der Waals surface area contributed by atoms with Crippen LogP contribution in [0.15, 0.2) is 29.9 Å². The maximum absolute atomic E-state index is 11.4. The van der Waals surface area contributed by atoms with Crippen molar-refractivity contribution < 1.29 is 4.79 Å². The number of hydrogen-bond donors (Lipinski definition) is 2. The van der Waals surface area contributed by atoms with Crippen molar-refractivity contribution in [3.8, 4) is 0 Å². The topological polar surface area (TPSA) is 70.7 Å². The van der Waals surface area contributed by atoms with Gasteiger partial charge in [-0.15, -0.1) is 11.3 Å². The summed E-state index contributed by atoms with van der Waals surface area (Å²) in [5, 5.41) is 11.2. The molecule has 0 radical (unpaired) electrons. The van der Waals surface area contributed by atoms with Crippen LogP contribution in [0.5, 0.6) is 0 Å². The molecule has 0 spiro atoms. The molecule has 0 aliphatic carbocycles. The first-order chi connectivity index (χ1) is 8.34. The zero-order valence-corrected chi connectivity index (χ0v) is 9.91. The van der Waals surface area contributed by atoms with Crippen LogP contribution in [0.4, 0.5) is 0 Å². The zero-order valence-electron chi connectivity index (χ0n) is 9.09. The molecule has 0 saturated carbocycles. The summed E-state index contributed by atoms with van der Waals surface area (Å²) in [4.78, 5) is 16.5. The lowest BCUT2D eigenvalue weighted by molar-refractivity contribution is -0.116. The van der Waals surface area contributed by atoms with Crippen LogP contribution in [-0.2, 0) is 11.2 Å². The number of carbonyl (C=O) groups is 1. The van der Waals surface area contributed by atoms with Crippen molar-refractivity contribution in [1.82, 2.24) is 20.5 Å². The molecule has 0 aliphatic rings. The average Bonchev–Trinajstić information content (AvgIpc) is 2.99. The monoisotopic (exact) mass is 248 g/mol. The van der Waals surface area contributed by atoms with E-state index in [1.165, 1.54) is 12.4 Å². The molecule has 0 bridgehead atoms. The fraction of sp³-hybridized carbons (Fsp3) is 0.182. The first kappa shape index (κ1) is 11.5. The van der Waals surface area contributed by atoms with Gasteiger partial charge in [0.25, 0.3) is 0 Å². The maximum Gasteiger partial charge on any atom is 0.244 e. The summed E-state index contributed by atoms with van der Waals surface area (Å²) >= 11 is 1.60. The molecule has 0 atom stereocenters. The molecule has 2 rings (SSSR count). The summed E-state index contributed by atoms with van der Waals surface area (Å²) in [6.45, 7) is 0.544. The first-order valence-electron chi connectivity index (χ1n) is 5.18. The van der Waals surface area contributed by atoms with Gasteiger partial charge in [0.05, 0.1) is 0 Å². The smallest absolute Gasteiger partial charge is 0.244 e. The Morgan fingerprint density at radius 2 is 2.53 bits per heavy atom. The second-order valence-electron chi connectivity index (χ2n) is 3.32. The van der Waals surface area contributed by atoms with E-state index in [2.05, 4.69) is 20.5 Å². The third-order valence-corrected chi connectivity index (χ3v) is 2.91. The predicted molar refractivity (Wildman–Crippen MR) is 66.4 cm³/mol. The van der Waals surface area contributed by atoms with E-state index in [0.717, 1.165) is 10.7 Å². The van der Waals surface area contributed by atoms with Gasteiger partial charge in [0.15, 0.2) is 0 Å². The van der Waals surface area contributed by atoms with Gasteiger partial charge in [-0.25, -0.2) is 4.98 Å². The van der Waals surface area contributed by atoms with Crippen LogP contribution >= 0.6 is 11.3 Å².